The number of thiophene rings is 1. The Bertz CT molecular complexity index is 4060. The predicted octanol–water partition coefficient (Wildman–Crippen LogP) is 19.9. The van der Waals surface area contributed by atoms with Gasteiger partial charge in [0, 0.05) is 54.0 Å². The zero-order valence-electron chi connectivity index (χ0n) is 38.8. The van der Waals surface area contributed by atoms with Crippen LogP contribution in [0.15, 0.2) is 273 Å². The molecule has 0 atom stereocenters. The maximum absolute atomic E-state index is 3.73. The highest BCUT2D eigenvalue weighted by Crippen LogP contribution is 2.46. The van der Waals surface area contributed by atoms with Gasteiger partial charge in [0.25, 0.3) is 0 Å². The van der Waals surface area contributed by atoms with Gasteiger partial charge in [-0.2, -0.15) is 0 Å². The summed E-state index contributed by atoms with van der Waals surface area (Å²) < 4.78 is 2.66. The third-order valence-corrected chi connectivity index (χ3v) is 15.1. The van der Waals surface area contributed by atoms with Crippen LogP contribution in [0.3, 0.4) is 0 Å². The molecule has 13 rings (SSSR count). The second kappa shape index (κ2) is 18.1. The molecular weight excluding hydrogens is 877 g/mol. The lowest BCUT2D eigenvalue weighted by Crippen LogP contribution is -2.11. The SMILES string of the molecule is c1ccc(-c2ccccc2Nc2cccc(-c3ccc(N(c4ccc(-c5cccc6c5sc5c7ccccc7ccc65)cc4)c4ccc(-c5ccc6ccccc6c5)cc4-c4ccccc4)cc3)c2)cc1. The fraction of sp³-hybridized carbons (Fsp3) is 0. The van der Waals surface area contributed by atoms with E-state index in [1.54, 1.807) is 0 Å². The van der Waals surface area contributed by atoms with E-state index in [1.807, 2.05) is 11.3 Å². The first-order valence-electron chi connectivity index (χ1n) is 24.2. The number of hydrogen-bond acceptors (Lipinski definition) is 3. The number of anilines is 5. The molecule has 0 aliphatic rings. The Morgan fingerprint density at radius 2 is 0.803 bits per heavy atom. The number of hydrogen-bond donors (Lipinski definition) is 1. The molecular formula is C68H46N2S. The van der Waals surface area contributed by atoms with Gasteiger partial charge in [-0.25, -0.2) is 0 Å². The summed E-state index contributed by atoms with van der Waals surface area (Å²) in [4.78, 5) is 2.42. The summed E-state index contributed by atoms with van der Waals surface area (Å²) >= 11 is 1.90. The number of nitrogens with one attached hydrogen (secondary N) is 1. The Balaban J connectivity index is 0.912. The van der Waals surface area contributed by atoms with Crippen LogP contribution in [0.1, 0.15) is 0 Å². The molecule has 1 heterocycles. The molecule has 2 nitrogen and oxygen atoms in total. The van der Waals surface area contributed by atoms with Gasteiger partial charge in [-0.15, -0.1) is 11.3 Å². The van der Waals surface area contributed by atoms with Gasteiger partial charge in [0.2, 0.25) is 0 Å². The van der Waals surface area contributed by atoms with Crippen molar-refractivity contribution in [2.24, 2.45) is 0 Å². The van der Waals surface area contributed by atoms with Crippen LogP contribution in [0.4, 0.5) is 28.4 Å². The van der Waals surface area contributed by atoms with Gasteiger partial charge >= 0.3 is 0 Å². The zero-order valence-corrected chi connectivity index (χ0v) is 39.7. The molecule has 0 fully saturated rings. The van der Waals surface area contributed by atoms with Crippen LogP contribution in [-0.4, -0.2) is 0 Å². The standard InChI is InChI=1S/C68H46N2S/c1-3-16-48(17-4-1)59-24-11-12-28-65(59)69-56-23-13-22-53(44-56)47-31-37-57(38-32-47)70(66-42-36-55(45-64(66)49-18-5-2-6-19-49)54-30-29-46-15-7-8-21-52(46)43-54)58-39-33-51(34-40-58)61-26-14-27-62-63-41-35-50-20-9-10-25-60(50)68(63)71-67(61)62/h1-45,69H. The van der Waals surface area contributed by atoms with Gasteiger partial charge in [0.1, 0.15) is 0 Å². The Hall–Kier alpha value is -9.02. The molecule has 12 aromatic carbocycles. The first-order chi connectivity index (χ1) is 35.2. The lowest BCUT2D eigenvalue weighted by molar-refractivity contribution is 1.28. The Morgan fingerprint density at radius 1 is 0.282 bits per heavy atom. The van der Waals surface area contributed by atoms with Crippen molar-refractivity contribution in [3.8, 4) is 55.6 Å². The first kappa shape index (κ1) is 42.1. The van der Waals surface area contributed by atoms with Crippen molar-refractivity contribution in [3.63, 3.8) is 0 Å². The Morgan fingerprint density at radius 3 is 1.59 bits per heavy atom. The van der Waals surface area contributed by atoms with Gasteiger partial charge in [-0.1, -0.05) is 212 Å². The Kier molecular flexibility index (Phi) is 10.8. The van der Waals surface area contributed by atoms with E-state index in [2.05, 4.69) is 283 Å². The van der Waals surface area contributed by atoms with E-state index in [0.29, 0.717) is 0 Å². The highest BCUT2D eigenvalue weighted by atomic mass is 32.1. The smallest absolute Gasteiger partial charge is 0.0540 e. The molecule has 1 aromatic heterocycles. The second-order valence-electron chi connectivity index (χ2n) is 18.2. The molecule has 0 saturated heterocycles. The zero-order chi connectivity index (χ0) is 47.1. The average Bonchev–Trinajstić information content (AvgIpc) is 3.84. The van der Waals surface area contributed by atoms with Crippen molar-refractivity contribution in [1.82, 2.24) is 0 Å². The Labute approximate surface area is 418 Å². The molecule has 0 saturated carbocycles. The van der Waals surface area contributed by atoms with Crippen molar-refractivity contribution in [1.29, 1.82) is 0 Å². The van der Waals surface area contributed by atoms with Crippen LogP contribution in [-0.2, 0) is 0 Å². The minimum atomic E-state index is 1.04. The fourth-order valence-corrected chi connectivity index (χ4v) is 11.7. The topological polar surface area (TPSA) is 15.3 Å². The molecule has 334 valence electrons. The van der Waals surface area contributed by atoms with Crippen LogP contribution in [0.2, 0.25) is 0 Å². The average molecular weight is 923 g/mol. The fourth-order valence-electron chi connectivity index (χ4n) is 10.3. The summed E-state index contributed by atoms with van der Waals surface area (Å²) in [6.45, 7) is 0. The molecule has 0 unspecified atom stereocenters. The molecule has 0 spiro atoms. The number of nitrogens with zero attached hydrogens (tertiary/aromatic N) is 1. The molecule has 0 bridgehead atoms. The van der Waals surface area contributed by atoms with Crippen LogP contribution in [0.5, 0.6) is 0 Å². The van der Waals surface area contributed by atoms with Gasteiger partial charge in [-0.05, 0) is 127 Å². The summed E-state index contributed by atoms with van der Waals surface area (Å²) in [7, 11) is 0. The molecule has 0 radical (unpaired) electrons. The van der Waals surface area contributed by atoms with E-state index in [1.165, 1.54) is 75.1 Å². The van der Waals surface area contributed by atoms with Crippen molar-refractivity contribution in [3.05, 3.63) is 273 Å². The number of benzene rings is 12. The molecule has 0 amide bonds. The third kappa shape index (κ3) is 7.99. The number of rotatable bonds is 10. The van der Waals surface area contributed by atoms with Gasteiger partial charge < -0.3 is 10.2 Å². The summed E-state index contributed by atoms with van der Waals surface area (Å²) in [5, 5.41) is 11.4. The number of para-hydroxylation sites is 1. The van der Waals surface area contributed by atoms with E-state index in [-0.39, 0.29) is 0 Å². The minimum Gasteiger partial charge on any atom is -0.355 e. The quantitative estimate of drug-likeness (QED) is 0.147. The maximum Gasteiger partial charge on any atom is 0.0540 e. The first-order valence-corrected chi connectivity index (χ1v) is 25.0. The minimum absolute atomic E-state index is 1.04. The number of fused-ring (bicyclic) bond motifs is 6. The largest absolute Gasteiger partial charge is 0.355 e. The van der Waals surface area contributed by atoms with E-state index < -0.39 is 0 Å². The van der Waals surface area contributed by atoms with Crippen molar-refractivity contribution in [2.45, 2.75) is 0 Å². The highest BCUT2D eigenvalue weighted by Gasteiger charge is 2.20. The monoisotopic (exact) mass is 922 g/mol. The van der Waals surface area contributed by atoms with Crippen molar-refractivity contribution < 1.29 is 0 Å². The van der Waals surface area contributed by atoms with E-state index >= 15 is 0 Å². The van der Waals surface area contributed by atoms with Gasteiger partial charge in [-0.3, -0.25) is 0 Å². The molecule has 71 heavy (non-hydrogen) atoms. The maximum atomic E-state index is 3.73. The highest BCUT2D eigenvalue weighted by molar-refractivity contribution is 7.27. The molecule has 3 heteroatoms. The normalized spacial score (nSPS) is 11.4. The van der Waals surface area contributed by atoms with Crippen LogP contribution >= 0.6 is 11.3 Å². The second-order valence-corrected chi connectivity index (χ2v) is 19.2. The molecule has 0 aliphatic carbocycles. The van der Waals surface area contributed by atoms with E-state index in [4.69, 9.17) is 0 Å². The van der Waals surface area contributed by atoms with Crippen molar-refractivity contribution in [2.75, 3.05) is 10.2 Å². The molecule has 13 aromatic rings. The van der Waals surface area contributed by atoms with Crippen LogP contribution in [0.25, 0.3) is 97.4 Å². The lowest BCUT2D eigenvalue weighted by atomic mass is 9.95. The summed E-state index contributed by atoms with van der Waals surface area (Å²) in [6.07, 6.45) is 0. The van der Waals surface area contributed by atoms with Gasteiger partial charge in [0.15, 0.2) is 0 Å². The summed E-state index contributed by atoms with van der Waals surface area (Å²) in [5.74, 6) is 0. The van der Waals surface area contributed by atoms with Gasteiger partial charge in [0.05, 0.1) is 5.69 Å². The summed E-state index contributed by atoms with van der Waals surface area (Å²) in [5.41, 5.74) is 17.1. The molecule has 0 aliphatic heterocycles. The third-order valence-electron chi connectivity index (χ3n) is 13.8. The van der Waals surface area contributed by atoms with Crippen LogP contribution in [0, 0.1) is 0 Å². The summed E-state index contributed by atoms with van der Waals surface area (Å²) in [6, 6.07) is 99.2. The van der Waals surface area contributed by atoms with Crippen LogP contribution < -0.4 is 10.2 Å². The van der Waals surface area contributed by atoms with Crippen molar-refractivity contribution >= 4 is 81.5 Å². The van der Waals surface area contributed by atoms with E-state index in [0.717, 1.165) is 50.7 Å². The lowest BCUT2D eigenvalue weighted by Gasteiger charge is -2.29. The van der Waals surface area contributed by atoms with E-state index in [9.17, 15) is 0 Å². The molecule has 1 N–H and O–H groups in total. The predicted molar refractivity (Wildman–Crippen MR) is 306 cm³/mol.